The second-order valence-electron chi connectivity index (χ2n) is 5.49. The third-order valence-electron chi connectivity index (χ3n) is 3.60. The lowest BCUT2D eigenvalue weighted by Crippen LogP contribution is -2.33. The second-order valence-corrected chi connectivity index (χ2v) is 5.49. The van der Waals surface area contributed by atoms with Gasteiger partial charge in [0, 0.05) is 24.7 Å². The number of rotatable bonds is 7. The van der Waals surface area contributed by atoms with E-state index in [1.54, 1.807) is 6.07 Å². The van der Waals surface area contributed by atoms with Crippen molar-refractivity contribution in [3.05, 3.63) is 29.8 Å². The predicted octanol–water partition coefficient (Wildman–Crippen LogP) is 1.95. The average molecular weight is 305 g/mol. The van der Waals surface area contributed by atoms with Crippen molar-refractivity contribution in [3.8, 4) is 0 Å². The van der Waals surface area contributed by atoms with Gasteiger partial charge >= 0.3 is 6.09 Å². The molecule has 0 aliphatic heterocycles. The number of carbonyl (C=O) groups excluding carboxylic acids is 2. The smallest absolute Gasteiger partial charge is 0.411 e. The highest BCUT2D eigenvalue weighted by molar-refractivity contribution is 5.84. The fourth-order valence-corrected chi connectivity index (χ4v) is 2.27. The van der Waals surface area contributed by atoms with Crippen molar-refractivity contribution in [1.82, 2.24) is 4.90 Å². The molecule has 22 heavy (non-hydrogen) atoms. The van der Waals surface area contributed by atoms with Crippen LogP contribution in [0.5, 0.6) is 0 Å². The summed E-state index contributed by atoms with van der Waals surface area (Å²) >= 11 is 0. The average Bonchev–Trinajstić information content (AvgIpc) is 3.35. The van der Waals surface area contributed by atoms with E-state index in [4.69, 9.17) is 5.73 Å². The monoisotopic (exact) mass is 305 g/mol. The Balaban J connectivity index is 2.03. The van der Waals surface area contributed by atoms with E-state index in [0.29, 0.717) is 25.3 Å². The van der Waals surface area contributed by atoms with Crippen LogP contribution in [0.25, 0.3) is 0 Å². The molecular weight excluding hydrogens is 282 g/mol. The van der Waals surface area contributed by atoms with Crippen molar-refractivity contribution >= 4 is 17.7 Å². The molecule has 3 N–H and O–H groups in total. The predicted molar refractivity (Wildman–Crippen MR) is 84.3 cm³/mol. The van der Waals surface area contributed by atoms with Crippen LogP contribution in [0.2, 0.25) is 0 Å². The zero-order valence-corrected chi connectivity index (χ0v) is 12.9. The molecule has 2 amide bonds. The molecule has 1 aromatic rings. The highest BCUT2D eigenvalue weighted by atomic mass is 16.5. The van der Waals surface area contributed by atoms with Crippen LogP contribution >= 0.6 is 0 Å². The maximum Gasteiger partial charge on any atom is 0.411 e. The summed E-state index contributed by atoms with van der Waals surface area (Å²) in [4.78, 5) is 25.4. The zero-order chi connectivity index (χ0) is 15.9. The number of methoxy groups -OCH3 is 1. The van der Waals surface area contributed by atoms with Gasteiger partial charge in [-0.2, -0.15) is 0 Å². The Labute approximate surface area is 130 Å². The van der Waals surface area contributed by atoms with E-state index in [1.165, 1.54) is 7.11 Å². The molecule has 0 radical (unpaired) electrons. The molecule has 120 valence electrons. The molecule has 0 unspecified atom stereocenters. The lowest BCUT2D eigenvalue weighted by molar-refractivity contribution is -0.133. The van der Waals surface area contributed by atoms with Crippen molar-refractivity contribution in [1.29, 1.82) is 0 Å². The van der Waals surface area contributed by atoms with Gasteiger partial charge in [-0.25, -0.2) is 4.79 Å². The summed E-state index contributed by atoms with van der Waals surface area (Å²) in [6.07, 6.45) is 2.26. The van der Waals surface area contributed by atoms with Gasteiger partial charge in [0.25, 0.3) is 0 Å². The van der Waals surface area contributed by atoms with Crippen LogP contribution in [0.3, 0.4) is 0 Å². The minimum absolute atomic E-state index is 0.189. The molecule has 0 bridgehead atoms. The van der Waals surface area contributed by atoms with Crippen molar-refractivity contribution in [2.75, 3.05) is 25.5 Å². The number of nitrogens with two attached hydrogens (primary N) is 1. The molecular formula is C16H23N3O3. The van der Waals surface area contributed by atoms with Gasteiger partial charge in [0.1, 0.15) is 0 Å². The number of benzene rings is 1. The third kappa shape index (κ3) is 4.73. The molecule has 0 saturated heterocycles. The zero-order valence-electron chi connectivity index (χ0n) is 12.9. The first-order valence-corrected chi connectivity index (χ1v) is 7.57. The SMILES string of the molecule is COC(=O)Nc1cccc(CN(CCCN)C(=O)C2CC2)c1. The van der Waals surface area contributed by atoms with Gasteiger partial charge in [-0.15, -0.1) is 0 Å². The van der Waals surface area contributed by atoms with E-state index in [-0.39, 0.29) is 11.8 Å². The maximum atomic E-state index is 12.3. The summed E-state index contributed by atoms with van der Waals surface area (Å²) in [5.41, 5.74) is 7.18. The van der Waals surface area contributed by atoms with Crippen molar-refractivity contribution < 1.29 is 14.3 Å². The summed E-state index contributed by atoms with van der Waals surface area (Å²) in [6.45, 7) is 1.77. The van der Waals surface area contributed by atoms with Gasteiger partial charge in [0.2, 0.25) is 5.91 Å². The Hall–Kier alpha value is -2.08. The first-order valence-electron chi connectivity index (χ1n) is 7.57. The van der Waals surface area contributed by atoms with E-state index in [0.717, 1.165) is 24.8 Å². The molecule has 0 atom stereocenters. The Morgan fingerprint density at radius 2 is 2.18 bits per heavy atom. The Bertz CT molecular complexity index is 529. The van der Waals surface area contributed by atoms with Crippen LogP contribution in [0.15, 0.2) is 24.3 Å². The Kier molecular flexibility index (Phi) is 5.77. The lowest BCUT2D eigenvalue weighted by atomic mass is 10.1. The van der Waals surface area contributed by atoms with Crippen molar-refractivity contribution in [2.45, 2.75) is 25.8 Å². The van der Waals surface area contributed by atoms with Crippen LogP contribution in [0.4, 0.5) is 10.5 Å². The number of carbonyl (C=O) groups is 2. The highest BCUT2D eigenvalue weighted by Gasteiger charge is 2.33. The van der Waals surface area contributed by atoms with Gasteiger partial charge < -0.3 is 15.4 Å². The molecule has 6 nitrogen and oxygen atoms in total. The van der Waals surface area contributed by atoms with Gasteiger partial charge in [-0.05, 0) is 43.5 Å². The number of hydrogen-bond acceptors (Lipinski definition) is 4. The van der Waals surface area contributed by atoms with E-state index in [2.05, 4.69) is 10.1 Å². The minimum atomic E-state index is -0.508. The summed E-state index contributed by atoms with van der Waals surface area (Å²) in [7, 11) is 1.32. The number of hydrogen-bond donors (Lipinski definition) is 2. The topological polar surface area (TPSA) is 84.7 Å². The van der Waals surface area contributed by atoms with Crippen LogP contribution in [-0.4, -0.2) is 37.1 Å². The van der Waals surface area contributed by atoms with Crippen LogP contribution < -0.4 is 11.1 Å². The standard InChI is InChI=1S/C16H23N3O3/c1-22-16(21)18-14-5-2-4-12(10-14)11-19(9-3-8-17)15(20)13-6-7-13/h2,4-5,10,13H,3,6-9,11,17H2,1H3,(H,18,21). The maximum absolute atomic E-state index is 12.3. The van der Waals surface area contributed by atoms with Crippen molar-refractivity contribution in [2.24, 2.45) is 11.7 Å². The van der Waals surface area contributed by atoms with Gasteiger partial charge in [0.15, 0.2) is 0 Å². The van der Waals surface area contributed by atoms with Crippen LogP contribution in [-0.2, 0) is 16.1 Å². The lowest BCUT2D eigenvalue weighted by Gasteiger charge is -2.23. The van der Waals surface area contributed by atoms with Gasteiger partial charge in [-0.3, -0.25) is 10.1 Å². The molecule has 1 aliphatic rings. The quantitative estimate of drug-likeness (QED) is 0.806. The third-order valence-corrected chi connectivity index (χ3v) is 3.60. The van der Waals surface area contributed by atoms with Gasteiger partial charge in [0.05, 0.1) is 7.11 Å². The molecule has 1 saturated carbocycles. The summed E-state index contributed by atoms with van der Waals surface area (Å²) in [6, 6.07) is 7.43. The largest absolute Gasteiger partial charge is 0.453 e. The van der Waals surface area contributed by atoms with E-state index >= 15 is 0 Å². The number of amides is 2. The molecule has 1 aliphatic carbocycles. The summed E-state index contributed by atoms with van der Waals surface area (Å²) in [5, 5.41) is 2.63. The highest BCUT2D eigenvalue weighted by Crippen LogP contribution is 2.31. The number of ether oxygens (including phenoxy) is 1. The fourth-order valence-electron chi connectivity index (χ4n) is 2.27. The fraction of sp³-hybridized carbons (Fsp3) is 0.500. The summed E-state index contributed by atoms with van der Waals surface area (Å²) < 4.78 is 4.58. The molecule has 6 heteroatoms. The molecule has 0 spiro atoms. The van der Waals surface area contributed by atoms with Crippen LogP contribution in [0.1, 0.15) is 24.8 Å². The first kappa shape index (κ1) is 16.3. The second kappa shape index (κ2) is 7.79. The number of nitrogens with one attached hydrogen (secondary N) is 1. The Morgan fingerprint density at radius 3 is 2.82 bits per heavy atom. The minimum Gasteiger partial charge on any atom is -0.453 e. The summed E-state index contributed by atoms with van der Waals surface area (Å²) in [5.74, 6) is 0.397. The molecule has 1 aromatic carbocycles. The van der Waals surface area contributed by atoms with E-state index in [9.17, 15) is 9.59 Å². The van der Waals surface area contributed by atoms with Gasteiger partial charge in [-0.1, -0.05) is 12.1 Å². The Morgan fingerprint density at radius 1 is 1.41 bits per heavy atom. The number of anilines is 1. The molecule has 1 fully saturated rings. The molecule has 0 aromatic heterocycles. The van der Waals surface area contributed by atoms with Crippen molar-refractivity contribution in [3.63, 3.8) is 0 Å². The van der Waals surface area contributed by atoms with E-state index in [1.807, 2.05) is 23.1 Å². The first-order chi connectivity index (χ1) is 10.6. The molecule has 2 rings (SSSR count). The molecule has 0 heterocycles. The van der Waals surface area contributed by atoms with E-state index < -0.39 is 6.09 Å². The van der Waals surface area contributed by atoms with Crippen LogP contribution in [0, 0.1) is 5.92 Å². The number of nitrogens with zero attached hydrogens (tertiary/aromatic N) is 1. The normalized spacial score (nSPS) is 13.5.